The Morgan fingerprint density at radius 1 is 0.923 bits per heavy atom. The lowest BCUT2D eigenvalue weighted by Gasteiger charge is -2.34. The van der Waals surface area contributed by atoms with Crippen LogP contribution in [0.15, 0.2) is 78.9 Å². The summed E-state index contributed by atoms with van der Waals surface area (Å²) >= 11 is 0. The fraction of sp³-hybridized carbons (Fsp3) is 0.333. The Labute approximate surface area is 231 Å². The molecule has 0 saturated carbocycles. The first kappa shape index (κ1) is 26.7. The molecule has 0 bridgehead atoms. The molecule has 0 aliphatic carbocycles. The van der Waals surface area contributed by atoms with Gasteiger partial charge in [-0.3, -0.25) is 14.5 Å². The number of carbonyl (C=O) groups is 2. The van der Waals surface area contributed by atoms with Crippen molar-refractivity contribution in [2.75, 3.05) is 44.2 Å². The van der Waals surface area contributed by atoms with Crippen LogP contribution in [0.1, 0.15) is 47.8 Å². The second-order valence-corrected chi connectivity index (χ2v) is 11.3. The number of anilines is 1. The van der Waals surface area contributed by atoms with Crippen molar-refractivity contribution in [3.05, 3.63) is 101 Å². The maximum atomic E-state index is 13.2. The molecule has 1 saturated heterocycles. The SMILES string of the molecule is CC(C)(C)c1ccc2c(c1)N(Cc1ccc(C(=O)N3CCN(CC=Cc4ccccc4)CC3)cc1)C(=O)CO2. The Hall–Kier alpha value is -3.90. The van der Waals surface area contributed by atoms with Crippen LogP contribution in [0.3, 0.4) is 0 Å². The fourth-order valence-corrected chi connectivity index (χ4v) is 5.00. The Morgan fingerprint density at radius 3 is 2.33 bits per heavy atom. The van der Waals surface area contributed by atoms with Gasteiger partial charge in [0.15, 0.2) is 6.61 Å². The molecule has 39 heavy (non-hydrogen) atoms. The molecule has 3 aromatic rings. The number of rotatable bonds is 6. The summed E-state index contributed by atoms with van der Waals surface area (Å²) in [4.78, 5) is 32.1. The predicted molar refractivity (Wildman–Crippen MR) is 156 cm³/mol. The number of ether oxygens (including phenoxy) is 1. The number of carbonyl (C=O) groups excluding carboxylic acids is 2. The van der Waals surface area contributed by atoms with Crippen LogP contribution < -0.4 is 9.64 Å². The normalized spacial score (nSPS) is 16.3. The number of fused-ring (bicyclic) bond motifs is 1. The number of nitrogens with zero attached hydrogens (tertiary/aromatic N) is 3. The molecular weight excluding hydrogens is 486 g/mol. The van der Waals surface area contributed by atoms with Gasteiger partial charge in [-0.2, -0.15) is 0 Å². The van der Waals surface area contributed by atoms with E-state index >= 15 is 0 Å². The van der Waals surface area contributed by atoms with E-state index in [1.54, 1.807) is 4.90 Å². The Bertz CT molecular complexity index is 1330. The van der Waals surface area contributed by atoms with Gasteiger partial charge in [0.05, 0.1) is 12.2 Å². The van der Waals surface area contributed by atoms with E-state index in [2.05, 4.69) is 62.1 Å². The van der Waals surface area contributed by atoms with Gasteiger partial charge in [-0.05, 0) is 46.4 Å². The second-order valence-electron chi connectivity index (χ2n) is 11.3. The molecule has 0 spiro atoms. The summed E-state index contributed by atoms with van der Waals surface area (Å²) in [5.74, 6) is 0.720. The zero-order valence-electron chi connectivity index (χ0n) is 23.1. The van der Waals surface area contributed by atoms with E-state index in [1.165, 1.54) is 5.56 Å². The Morgan fingerprint density at radius 2 is 1.64 bits per heavy atom. The van der Waals surface area contributed by atoms with Gasteiger partial charge < -0.3 is 14.5 Å². The lowest BCUT2D eigenvalue weighted by molar-refractivity contribution is -0.121. The van der Waals surface area contributed by atoms with Crippen LogP contribution in [0.2, 0.25) is 0 Å². The molecule has 2 amide bonds. The van der Waals surface area contributed by atoms with Gasteiger partial charge in [-0.15, -0.1) is 0 Å². The summed E-state index contributed by atoms with van der Waals surface area (Å²) in [7, 11) is 0. The van der Waals surface area contributed by atoms with Gasteiger partial charge >= 0.3 is 0 Å². The van der Waals surface area contributed by atoms with Crippen LogP contribution in [0, 0.1) is 0 Å². The van der Waals surface area contributed by atoms with Crippen molar-refractivity contribution in [3.63, 3.8) is 0 Å². The average Bonchev–Trinajstić information content (AvgIpc) is 2.95. The molecule has 0 atom stereocenters. The van der Waals surface area contributed by atoms with E-state index in [9.17, 15) is 9.59 Å². The van der Waals surface area contributed by atoms with E-state index in [-0.39, 0.29) is 23.8 Å². The van der Waals surface area contributed by atoms with Crippen LogP contribution in [0.25, 0.3) is 6.08 Å². The standard InChI is InChI=1S/C33H37N3O3/c1-33(2,3)28-15-16-30-29(22-28)36(31(37)24-39-30)23-26-11-13-27(14-12-26)32(38)35-20-18-34(19-21-35)17-7-10-25-8-5-4-6-9-25/h4-16,22H,17-21,23-24H2,1-3H3. The first-order chi connectivity index (χ1) is 18.8. The van der Waals surface area contributed by atoms with Crippen LogP contribution in [-0.4, -0.2) is 60.9 Å². The Kier molecular flexibility index (Phi) is 7.84. The third-order valence-corrected chi connectivity index (χ3v) is 7.44. The summed E-state index contributed by atoms with van der Waals surface area (Å²) in [6.45, 7) is 11.0. The summed E-state index contributed by atoms with van der Waals surface area (Å²) < 4.78 is 5.69. The highest BCUT2D eigenvalue weighted by molar-refractivity contribution is 5.98. The molecule has 2 aliphatic heterocycles. The van der Waals surface area contributed by atoms with Crippen molar-refractivity contribution < 1.29 is 14.3 Å². The molecule has 0 radical (unpaired) electrons. The van der Waals surface area contributed by atoms with Crippen LogP contribution in [0.4, 0.5) is 5.69 Å². The van der Waals surface area contributed by atoms with Crippen LogP contribution in [-0.2, 0) is 16.8 Å². The van der Waals surface area contributed by atoms with E-state index in [0.717, 1.165) is 55.3 Å². The third-order valence-electron chi connectivity index (χ3n) is 7.44. The van der Waals surface area contributed by atoms with Crippen molar-refractivity contribution in [3.8, 4) is 5.75 Å². The van der Waals surface area contributed by atoms with Crippen LogP contribution >= 0.6 is 0 Å². The maximum absolute atomic E-state index is 13.2. The fourth-order valence-electron chi connectivity index (χ4n) is 5.00. The largest absolute Gasteiger partial charge is 0.482 e. The van der Waals surface area contributed by atoms with Crippen molar-refractivity contribution in [1.82, 2.24) is 9.80 Å². The molecule has 0 aromatic heterocycles. The van der Waals surface area contributed by atoms with Gasteiger partial charge in [-0.25, -0.2) is 0 Å². The second kappa shape index (κ2) is 11.5. The quantitative estimate of drug-likeness (QED) is 0.435. The summed E-state index contributed by atoms with van der Waals surface area (Å²) in [5, 5.41) is 0. The predicted octanol–water partition coefficient (Wildman–Crippen LogP) is 5.38. The van der Waals surface area contributed by atoms with Crippen LogP contribution in [0.5, 0.6) is 5.75 Å². The Balaban J connectivity index is 1.18. The highest BCUT2D eigenvalue weighted by atomic mass is 16.5. The minimum absolute atomic E-state index is 0.0342. The summed E-state index contributed by atoms with van der Waals surface area (Å²) in [5.41, 5.74) is 4.77. The highest BCUT2D eigenvalue weighted by Crippen LogP contribution is 2.37. The minimum Gasteiger partial charge on any atom is -0.482 e. The van der Waals surface area contributed by atoms with Gasteiger partial charge in [0.1, 0.15) is 5.75 Å². The number of hydrogen-bond acceptors (Lipinski definition) is 4. The smallest absolute Gasteiger partial charge is 0.265 e. The molecular formula is C33H37N3O3. The molecule has 2 aliphatic rings. The molecule has 6 nitrogen and oxygen atoms in total. The lowest BCUT2D eigenvalue weighted by Crippen LogP contribution is -2.48. The molecule has 6 heteroatoms. The molecule has 202 valence electrons. The average molecular weight is 524 g/mol. The van der Waals surface area contributed by atoms with Gasteiger partial charge in [0.2, 0.25) is 0 Å². The number of piperazine rings is 1. The lowest BCUT2D eigenvalue weighted by atomic mass is 9.86. The molecule has 0 unspecified atom stereocenters. The van der Waals surface area contributed by atoms with Gasteiger partial charge in [-0.1, -0.05) is 81.5 Å². The monoisotopic (exact) mass is 523 g/mol. The minimum atomic E-state index is -0.0646. The summed E-state index contributed by atoms with van der Waals surface area (Å²) in [6, 6.07) is 24.0. The summed E-state index contributed by atoms with van der Waals surface area (Å²) in [6.07, 6.45) is 4.33. The maximum Gasteiger partial charge on any atom is 0.265 e. The molecule has 3 aromatic carbocycles. The third kappa shape index (κ3) is 6.40. The van der Waals surface area contributed by atoms with E-state index in [4.69, 9.17) is 4.74 Å². The van der Waals surface area contributed by atoms with Crippen molar-refractivity contribution in [2.45, 2.75) is 32.7 Å². The number of benzene rings is 3. The zero-order valence-corrected chi connectivity index (χ0v) is 23.1. The number of amides is 2. The number of hydrogen-bond donors (Lipinski definition) is 0. The molecule has 1 fully saturated rings. The van der Waals surface area contributed by atoms with Crippen molar-refractivity contribution in [2.24, 2.45) is 0 Å². The zero-order chi connectivity index (χ0) is 27.4. The molecule has 0 N–H and O–H groups in total. The van der Waals surface area contributed by atoms with Crippen molar-refractivity contribution in [1.29, 1.82) is 0 Å². The van der Waals surface area contributed by atoms with Crippen molar-refractivity contribution >= 4 is 23.6 Å². The first-order valence-electron chi connectivity index (χ1n) is 13.7. The molecule has 5 rings (SSSR count). The van der Waals surface area contributed by atoms with Gasteiger partial charge in [0, 0.05) is 38.3 Å². The van der Waals surface area contributed by atoms with E-state index in [0.29, 0.717) is 12.1 Å². The van der Waals surface area contributed by atoms with E-state index in [1.807, 2.05) is 53.4 Å². The topological polar surface area (TPSA) is 53.1 Å². The van der Waals surface area contributed by atoms with E-state index < -0.39 is 0 Å². The highest BCUT2D eigenvalue weighted by Gasteiger charge is 2.28. The first-order valence-corrected chi connectivity index (χ1v) is 13.7. The molecule has 2 heterocycles. The van der Waals surface area contributed by atoms with Gasteiger partial charge in [0.25, 0.3) is 11.8 Å².